The van der Waals surface area contributed by atoms with Crippen LogP contribution in [0.5, 0.6) is 0 Å². The van der Waals surface area contributed by atoms with Gasteiger partial charge in [-0.15, -0.1) is 0 Å². The van der Waals surface area contributed by atoms with Crippen molar-refractivity contribution in [1.82, 2.24) is 20.0 Å². The summed E-state index contributed by atoms with van der Waals surface area (Å²) in [5.74, 6) is 0.842. The Bertz CT molecular complexity index is 1210. The third-order valence-corrected chi connectivity index (χ3v) is 7.25. The van der Waals surface area contributed by atoms with Crippen LogP contribution in [-0.4, -0.2) is 62.2 Å². The van der Waals surface area contributed by atoms with E-state index < -0.39 is 16.8 Å². The van der Waals surface area contributed by atoms with Crippen LogP contribution in [0.15, 0.2) is 33.9 Å². The number of benzene rings is 1. The van der Waals surface area contributed by atoms with E-state index in [2.05, 4.69) is 20.0 Å². The predicted molar refractivity (Wildman–Crippen MR) is 129 cm³/mol. The first kappa shape index (κ1) is 22.9. The van der Waals surface area contributed by atoms with E-state index in [-0.39, 0.29) is 12.0 Å². The van der Waals surface area contributed by atoms with Gasteiger partial charge < -0.3 is 23.6 Å². The van der Waals surface area contributed by atoms with Crippen LogP contribution in [0, 0.1) is 0 Å². The first-order valence-electron chi connectivity index (χ1n) is 11.5. The molecule has 0 bridgehead atoms. The second-order valence-electron chi connectivity index (χ2n) is 9.83. The van der Waals surface area contributed by atoms with Gasteiger partial charge in [0.1, 0.15) is 29.4 Å². The summed E-state index contributed by atoms with van der Waals surface area (Å²) in [4.78, 5) is 26.1. The molecule has 2 aromatic heterocycles. The van der Waals surface area contributed by atoms with Crippen molar-refractivity contribution in [3.8, 4) is 0 Å². The molecule has 0 radical (unpaired) electrons. The van der Waals surface area contributed by atoms with E-state index in [0.717, 1.165) is 53.2 Å². The first-order valence-corrected chi connectivity index (χ1v) is 13.1. The van der Waals surface area contributed by atoms with Gasteiger partial charge in [-0.2, -0.15) is 0 Å². The van der Waals surface area contributed by atoms with Gasteiger partial charge in [-0.3, -0.25) is 0 Å². The quantitative estimate of drug-likeness (QED) is 0.511. The minimum Gasteiger partial charge on any atom is -0.612 e. The lowest BCUT2D eigenvalue weighted by Crippen LogP contribution is -2.41. The highest BCUT2D eigenvalue weighted by Gasteiger charge is 2.32. The zero-order valence-electron chi connectivity index (χ0n) is 19.9. The number of likely N-dealkylation sites (tertiary alicyclic amines) is 1. The number of hydrogen-bond acceptors (Lipinski definition) is 8. The van der Waals surface area contributed by atoms with Crippen molar-refractivity contribution in [3.63, 3.8) is 0 Å². The zero-order valence-corrected chi connectivity index (χ0v) is 20.7. The Morgan fingerprint density at radius 1 is 1.21 bits per heavy atom. The first-order chi connectivity index (χ1) is 16.2. The smallest absolute Gasteiger partial charge is 0.410 e. The average Bonchev–Trinajstić information content (AvgIpc) is 3.42. The second kappa shape index (κ2) is 8.74. The number of rotatable bonds is 3. The van der Waals surface area contributed by atoms with Crippen molar-refractivity contribution in [1.29, 1.82) is 0 Å². The van der Waals surface area contributed by atoms with E-state index in [1.807, 2.05) is 39.0 Å². The molecule has 2 aliphatic heterocycles. The van der Waals surface area contributed by atoms with Crippen LogP contribution in [0.2, 0.25) is 0 Å². The van der Waals surface area contributed by atoms with Crippen LogP contribution in [-0.2, 0) is 22.3 Å². The van der Waals surface area contributed by atoms with Gasteiger partial charge in [-0.05, 0) is 75.0 Å². The molecule has 0 aliphatic carbocycles. The molecule has 9 nitrogen and oxygen atoms in total. The molecule has 5 rings (SSSR count). The van der Waals surface area contributed by atoms with E-state index in [0.29, 0.717) is 24.5 Å². The van der Waals surface area contributed by atoms with E-state index in [4.69, 9.17) is 9.26 Å². The molecule has 1 fully saturated rings. The number of hydrogen-bond donors (Lipinski definition) is 0. The third kappa shape index (κ3) is 4.32. The van der Waals surface area contributed by atoms with Crippen LogP contribution in [0.1, 0.15) is 50.8 Å². The largest absolute Gasteiger partial charge is 0.612 e. The molecule has 0 spiro atoms. The van der Waals surface area contributed by atoms with Crippen LogP contribution in [0.3, 0.4) is 0 Å². The van der Waals surface area contributed by atoms with Gasteiger partial charge in [0.15, 0.2) is 10.7 Å². The molecule has 2 aliphatic rings. The molecule has 1 aromatic carbocycles. The standard InChI is InChI=1S/C24H29N5O4S/c1-24(2,3)32-23(30)28-10-7-15(8-11-28)19-20-21(33-27-19)22(26-14-25-20)29-12-9-16-13-17(34(4)31)5-6-18(16)29/h5-6,13-15H,7-12H2,1-4H3. The minimum absolute atomic E-state index is 0.149. The molecule has 1 saturated heterocycles. The van der Waals surface area contributed by atoms with Gasteiger partial charge in [0.25, 0.3) is 0 Å². The SMILES string of the molecule is C[S+]([O-])c1ccc2c(c1)CCN2c1ncnc2c(C3CCN(C(=O)OC(C)(C)C)CC3)noc12. The molecule has 1 atom stereocenters. The lowest BCUT2D eigenvalue weighted by molar-refractivity contribution is 0.0204. The summed E-state index contributed by atoms with van der Waals surface area (Å²) in [5.41, 5.74) is 3.79. The summed E-state index contributed by atoms with van der Waals surface area (Å²) in [6.45, 7) is 7.58. The van der Waals surface area contributed by atoms with Crippen LogP contribution in [0.25, 0.3) is 11.1 Å². The molecular formula is C24H29N5O4S. The maximum absolute atomic E-state index is 12.4. The Morgan fingerprint density at radius 3 is 2.68 bits per heavy atom. The lowest BCUT2D eigenvalue weighted by Gasteiger charge is -2.32. The number of nitrogens with zero attached hydrogens (tertiary/aromatic N) is 5. The van der Waals surface area contributed by atoms with Gasteiger partial charge in [0, 0.05) is 31.2 Å². The highest BCUT2D eigenvalue weighted by atomic mass is 32.2. The minimum atomic E-state index is -1.01. The van der Waals surface area contributed by atoms with Gasteiger partial charge in [-0.25, -0.2) is 14.8 Å². The van der Waals surface area contributed by atoms with Crippen molar-refractivity contribution in [2.75, 3.05) is 30.8 Å². The van der Waals surface area contributed by atoms with Gasteiger partial charge in [-0.1, -0.05) is 5.16 Å². The Kier molecular flexibility index (Phi) is 5.89. The normalized spacial score (nSPS) is 17.8. The number of piperidine rings is 1. The van der Waals surface area contributed by atoms with E-state index in [1.54, 1.807) is 17.5 Å². The van der Waals surface area contributed by atoms with E-state index in [1.165, 1.54) is 0 Å². The average molecular weight is 484 g/mol. The fourth-order valence-corrected chi connectivity index (χ4v) is 5.24. The van der Waals surface area contributed by atoms with E-state index >= 15 is 0 Å². The van der Waals surface area contributed by atoms with Crippen molar-refractivity contribution in [2.24, 2.45) is 0 Å². The van der Waals surface area contributed by atoms with E-state index in [9.17, 15) is 9.35 Å². The Hall–Kier alpha value is -2.85. The fraction of sp³-hybridized carbons (Fsp3) is 0.500. The number of fused-ring (bicyclic) bond motifs is 2. The molecule has 0 N–H and O–H groups in total. The molecule has 180 valence electrons. The molecule has 0 saturated carbocycles. The number of amides is 1. The van der Waals surface area contributed by atoms with Crippen molar-refractivity contribution < 1.29 is 18.6 Å². The van der Waals surface area contributed by atoms with Crippen molar-refractivity contribution >= 4 is 39.9 Å². The summed E-state index contributed by atoms with van der Waals surface area (Å²) in [5, 5.41) is 4.39. The predicted octanol–water partition coefficient (Wildman–Crippen LogP) is 4.16. The monoisotopic (exact) mass is 483 g/mol. The van der Waals surface area contributed by atoms with Crippen molar-refractivity contribution in [3.05, 3.63) is 35.8 Å². The summed E-state index contributed by atoms with van der Waals surface area (Å²) in [7, 11) is 0. The third-order valence-electron chi connectivity index (χ3n) is 6.33. The number of anilines is 2. The summed E-state index contributed by atoms with van der Waals surface area (Å²) in [6, 6.07) is 5.90. The molecule has 3 aromatic rings. The van der Waals surface area contributed by atoms with Crippen molar-refractivity contribution in [2.45, 2.75) is 56.4 Å². The molecule has 1 unspecified atom stereocenters. The van der Waals surface area contributed by atoms with Crippen LogP contribution >= 0.6 is 0 Å². The summed E-state index contributed by atoms with van der Waals surface area (Å²) >= 11 is -1.01. The maximum Gasteiger partial charge on any atom is 0.410 e. The summed E-state index contributed by atoms with van der Waals surface area (Å²) in [6.07, 6.45) is 5.35. The number of aromatic nitrogens is 3. The van der Waals surface area contributed by atoms with Crippen LogP contribution < -0.4 is 4.90 Å². The van der Waals surface area contributed by atoms with Gasteiger partial charge in [0.2, 0.25) is 5.58 Å². The van der Waals surface area contributed by atoms with Gasteiger partial charge >= 0.3 is 6.09 Å². The Balaban J connectivity index is 1.36. The highest BCUT2D eigenvalue weighted by Crippen LogP contribution is 2.40. The fourth-order valence-electron chi connectivity index (χ4n) is 4.67. The van der Waals surface area contributed by atoms with Gasteiger partial charge in [0.05, 0.1) is 0 Å². The zero-order chi connectivity index (χ0) is 24.0. The maximum atomic E-state index is 12.4. The molecule has 10 heteroatoms. The Morgan fingerprint density at radius 2 is 1.97 bits per heavy atom. The number of carbonyl (C=O) groups is 1. The summed E-state index contributed by atoms with van der Waals surface area (Å²) < 4.78 is 23.2. The Labute approximate surface area is 201 Å². The molecule has 1 amide bonds. The topological polar surface area (TPSA) is 108 Å². The molecule has 34 heavy (non-hydrogen) atoms. The molecular weight excluding hydrogens is 454 g/mol. The lowest BCUT2D eigenvalue weighted by atomic mass is 9.93. The molecule has 4 heterocycles. The highest BCUT2D eigenvalue weighted by molar-refractivity contribution is 7.90. The van der Waals surface area contributed by atoms with Crippen LogP contribution in [0.4, 0.5) is 16.3 Å². The number of carbonyl (C=O) groups excluding carboxylic acids is 1. The second-order valence-corrected chi connectivity index (χ2v) is 11.2. The number of ether oxygens (including phenoxy) is 1.